The molecule has 2 aromatic rings. The molecule has 1 aliphatic carbocycles. The van der Waals surface area contributed by atoms with E-state index in [-0.39, 0.29) is 5.96 Å². The van der Waals surface area contributed by atoms with E-state index in [1.807, 2.05) is 59.5 Å². The van der Waals surface area contributed by atoms with E-state index < -0.39 is 5.66 Å². The summed E-state index contributed by atoms with van der Waals surface area (Å²) in [5.41, 5.74) is 14.3. The van der Waals surface area contributed by atoms with E-state index in [1.54, 1.807) is 0 Å². The van der Waals surface area contributed by atoms with Gasteiger partial charge in [0.1, 0.15) is 5.66 Å². The van der Waals surface area contributed by atoms with Gasteiger partial charge < -0.3 is 11.5 Å². The number of azo groups is 1. The highest BCUT2D eigenvalue weighted by Gasteiger charge is 2.42. The van der Waals surface area contributed by atoms with Crippen LogP contribution in [0.2, 0.25) is 0 Å². The van der Waals surface area contributed by atoms with Gasteiger partial charge in [0, 0.05) is 5.69 Å². The molecule has 1 spiro atoms. The second-order valence-corrected chi connectivity index (χ2v) is 6.87. The van der Waals surface area contributed by atoms with Crippen LogP contribution in [0.4, 0.5) is 17.1 Å². The maximum absolute atomic E-state index is 6.25. The third kappa shape index (κ3) is 3.53. The van der Waals surface area contributed by atoms with Gasteiger partial charge in [-0.1, -0.05) is 24.6 Å². The number of guanidine groups is 2. The molecule has 1 fully saturated rings. The number of hydrogen-bond donors (Lipinski definition) is 2. The van der Waals surface area contributed by atoms with Crippen LogP contribution in [0.1, 0.15) is 32.1 Å². The first-order chi connectivity index (χ1) is 13.2. The van der Waals surface area contributed by atoms with Gasteiger partial charge in [-0.25, -0.2) is 4.99 Å². The summed E-state index contributed by atoms with van der Waals surface area (Å²) in [6, 6.07) is 17.5. The average Bonchev–Trinajstić information content (AvgIpc) is 2.68. The van der Waals surface area contributed by atoms with Crippen molar-refractivity contribution in [3.8, 4) is 0 Å². The molecule has 4 rings (SSSR count). The van der Waals surface area contributed by atoms with Crippen LogP contribution < -0.4 is 16.4 Å². The van der Waals surface area contributed by atoms with Gasteiger partial charge in [0.25, 0.3) is 0 Å². The molecule has 27 heavy (non-hydrogen) atoms. The Morgan fingerprint density at radius 1 is 0.815 bits per heavy atom. The van der Waals surface area contributed by atoms with E-state index in [2.05, 4.69) is 15.2 Å². The number of anilines is 1. The van der Waals surface area contributed by atoms with Gasteiger partial charge in [-0.3, -0.25) is 4.90 Å². The maximum Gasteiger partial charge on any atom is 0.220 e. The fourth-order valence-corrected chi connectivity index (χ4v) is 3.77. The summed E-state index contributed by atoms with van der Waals surface area (Å²) in [5, 5.41) is 8.55. The molecule has 1 aliphatic heterocycles. The Morgan fingerprint density at radius 3 is 2.11 bits per heavy atom. The minimum atomic E-state index is -0.429. The zero-order valence-electron chi connectivity index (χ0n) is 15.1. The van der Waals surface area contributed by atoms with Crippen LogP contribution in [0.15, 0.2) is 74.8 Å². The Kier molecular flexibility index (Phi) is 4.58. The van der Waals surface area contributed by atoms with Crippen LogP contribution in [0.25, 0.3) is 0 Å². The normalized spacial score (nSPS) is 19.2. The summed E-state index contributed by atoms with van der Waals surface area (Å²) in [5.74, 6) is 0.655. The fraction of sp³-hybridized carbons (Fsp3) is 0.300. The molecule has 7 heteroatoms. The van der Waals surface area contributed by atoms with E-state index in [9.17, 15) is 0 Å². The van der Waals surface area contributed by atoms with Gasteiger partial charge in [0.05, 0.1) is 11.4 Å². The van der Waals surface area contributed by atoms with Crippen molar-refractivity contribution < 1.29 is 0 Å². The third-order valence-electron chi connectivity index (χ3n) is 5.00. The van der Waals surface area contributed by atoms with Crippen molar-refractivity contribution >= 4 is 29.0 Å². The Balaban J connectivity index is 1.60. The smallest absolute Gasteiger partial charge is 0.220 e. The van der Waals surface area contributed by atoms with Crippen molar-refractivity contribution in [2.45, 2.75) is 37.8 Å². The van der Waals surface area contributed by atoms with E-state index in [0.29, 0.717) is 5.96 Å². The maximum atomic E-state index is 6.25. The predicted octanol–water partition coefficient (Wildman–Crippen LogP) is 4.21. The molecule has 2 aromatic carbocycles. The van der Waals surface area contributed by atoms with Crippen molar-refractivity contribution in [3.05, 3.63) is 54.6 Å². The number of nitrogens with zero attached hydrogens (tertiary/aromatic N) is 5. The molecule has 0 aromatic heterocycles. The number of rotatable bonds is 3. The molecule has 0 unspecified atom stereocenters. The lowest BCUT2D eigenvalue weighted by atomic mass is 9.87. The highest BCUT2D eigenvalue weighted by Crippen LogP contribution is 2.39. The molecular formula is C20H23N7. The minimum absolute atomic E-state index is 0.263. The quantitative estimate of drug-likeness (QED) is 0.800. The molecule has 0 amide bonds. The first-order valence-electron chi connectivity index (χ1n) is 9.23. The minimum Gasteiger partial charge on any atom is -0.369 e. The molecule has 4 N–H and O–H groups in total. The molecule has 1 heterocycles. The third-order valence-corrected chi connectivity index (χ3v) is 5.00. The molecule has 0 atom stereocenters. The molecule has 7 nitrogen and oxygen atoms in total. The van der Waals surface area contributed by atoms with E-state index >= 15 is 0 Å². The van der Waals surface area contributed by atoms with E-state index in [4.69, 9.17) is 16.5 Å². The lowest BCUT2D eigenvalue weighted by Crippen LogP contribution is -2.58. The first kappa shape index (κ1) is 17.2. The Morgan fingerprint density at radius 2 is 1.44 bits per heavy atom. The summed E-state index contributed by atoms with van der Waals surface area (Å²) in [6.07, 6.45) is 5.24. The summed E-state index contributed by atoms with van der Waals surface area (Å²) in [4.78, 5) is 10.9. The monoisotopic (exact) mass is 361 g/mol. The topological polar surface area (TPSA) is 105 Å². The van der Waals surface area contributed by atoms with Gasteiger partial charge in [0.15, 0.2) is 0 Å². The van der Waals surface area contributed by atoms with Gasteiger partial charge in [-0.05, 0) is 62.1 Å². The Hall–Kier alpha value is -3.22. The molecule has 0 saturated heterocycles. The zero-order chi connectivity index (χ0) is 18.7. The van der Waals surface area contributed by atoms with Crippen molar-refractivity contribution in [2.24, 2.45) is 31.7 Å². The highest BCUT2D eigenvalue weighted by molar-refractivity contribution is 6.05. The SMILES string of the molecule is NC1=NC2(CCCCC2)N(c2ccc(N=Nc3ccccc3)cc2)C(N)=N1. The molecular weight excluding hydrogens is 338 g/mol. The van der Waals surface area contributed by atoms with Crippen LogP contribution in [0.5, 0.6) is 0 Å². The second kappa shape index (κ2) is 7.19. The summed E-state index contributed by atoms with van der Waals surface area (Å²) in [6.45, 7) is 0. The second-order valence-electron chi connectivity index (χ2n) is 6.87. The average molecular weight is 361 g/mol. The Labute approximate surface area is 158 Å². The highest BCUT2D eigenvalue weighted by atomic mass is 15.4. The van der Waals surface area contributed by atoms with Crippen LogP contribution in [0, 0.1) is 0 Å². The number of benzene rings is 2. The van der Waals surface area contributed by atoms with Crippen molar-refractivity contribution in [2.75, 3.05) is 4.90 Å². The molecule has 0 radical (unpaired) electrons. The van der Waals surface area contributed by atoms with Crippen LogP contribution in [-0.2, 0) is 0 Å². The zero-order valence-corrected chi connectivity index (χ0v) is 15.1. The van der Waals surface area contributed by atoms with Crippen molar-refractivity contribution in [1.82, 2.24) is 0 Å². The predicted molar refractivity (Wildman–Crippen MR) is 109 cm³/mol. The van der Waals surface area contributed by atoms with Gasteiger partial charge in [0.2, 0.25) is 11.9 Å². The van der Waals surface area contributed by atoms with Crippen LogP contribution >= 0.6 is 0 Å². The Bertz CT molecular complexity index is 878. The van der Waals surface area contributed by atoms with Crippen molar-refractivity contribution in [1.29, 1.82) is 0 Å². The number of aliphatic imine (C=N–C) groups is 2. The van der Waals surface area contributed by atoms with Gasteiger partial charge in [-0.15, -0.1) is 0 Å². The molecule has 0 bridgehead atoms. The van der Waals surface area contributed by atoms with Crippen molar-refractivity contribution in [3.63, 3.8) is 0 Å². The van der Waals surface area contributed by atoms with Crippen LogP contribution in [0.3, 0.4) is 0 Å². The molecule has 138 valence electrons. The lowest BCUT2D eigenvalue weighted by Gasteiger charge is -2.45. The van der Waals surface area contributed by atoms with E-state index in [0.717, 1.165) is 42.7 Å². The number of nitrogens with two attached hydrogens (primary N) is 2. The molecule has 1 saturated carbocycles. The lowest BCUT2D eigenvalue weighted by molar-refractivity contribution is 0.305. The van der Waals surface area contributed by atoms with E-state index in [1.165, 1.54) is 6.42 Å². The largest absolute Gasteiger partial charge is 0.369 e. The summed E-state index contributed by atoms with van der Waals surface area (Å²) < 4.78 is 0. The molecule has 2 aliphatic rings. The van der Waals surface area contributed by atoms with Gasteiger partial charge >= 0.3 is 0 Å². The van der Waals surface area contributed by atoms with Crippen LogP contribution in [-0.4, -0.2) is 17.6 Å². The van der Waals surface area contributed by atoms with Gasteiger partial charge in [-0.2, -0.15) is 15.2 Å². The fourth-order valence-electron chi connectivity index (χ4n) is 3.77. The number of hydrogen-bond acceptors (Lipinski definition) is 7. The first-order valence-corrected chi connectivity index (χ1v) is 9.23. The standard InChI is InChI=1S/C20H23N7/c21-18-23-19(22)27(20(24-18)13-5-2-6-14-20)17-11-9-16(10-12-17)26-25-15-7-3-1-4-8-15/h1,3-4,7-12H,2,5-6,13-14H2,(H4,21,22,23,24). The summed E-state index contributed by atoms with van der Waals surface area (Å²) >= 11 is 0. The summed E-state index contributed by atoms with van der Waals surface area (Å²) in [7, 11) is 0.